The molecule has 0 radical (unpaired) electrons. The second kappa shape index (κ2) is 8.95. The predicted molar refractivity (Wildman–Crippen MR) is 95.5 cm³/mol. The quantitative estimate of drug-likeness (QED) is 0.713. The molecule has 0 atom stereocenters. The van der Waals surface area contributed by atoms with Crippen molar-refractivity contribution >= 4 is 35.0 Å². The second-order valence-electron chi connectivity index (χ2n) is 5.80. The number of hydrogen-bond acceptors (Lipinski definition) is 7. The number of aromatic nitrogens is 4. The predicted octanol–water partition coefficient (Wildman–Crippen LogP) is 2.03. The molecule has 0 saturated heterocycles. The van der Waals surface area contributed by atoms with Crippen LogP contribution in [-0.2, 0) is 11.3 Å². The molecule has 1 saturated carbocycles. The second-order valence-corrected chi connectivity index (χ2v) is 7.89. The van der Waals surface area contributed by atoms with E-state index < -0.39 is 6.03 Å². The number of carbonyl (C=O) groups excluding carboxylic acids is 2. The van der Waals surface area contributed by atoms with Crippen molar-refractivity contribution in [3.8, 4) is 0 Å². The van der Waals surface area contributed by atoms with E-state index in [1.54, 1.807) is 16.0 Å². The van der Waals surface area contributed by atoms with Crippen LogP contribution < -0.4 is 10.6 Å². The summed E-state index contributed by atoms with van der Waals surface area (Å²) in [5.74, 6) is 0.216. The molecule has 1 aliphatic rings. The van der Waals surface area contributed by atoms with Gasteiger partial charge in [-0.05, 0) is 34.7 Å². The van der Waals surface area contributed by atoms with Crippen molar-refractivity contribution in [2.75, 3.05) is 5.75 Å². The van der Waals surface area contributed by atoms with Crippen LogP contribution in [0.25, 0.3) is 0 Å². The van der Waals surface area contributed by atoms with Gasteiger partial charge in [-0.25, -0.2) is 9.48 Å². The van der Waals surface area contributed by atoms with Crippen molar-refractivity contribution in [2.24, 2.45) is 0 Å². The van der Waals surface area contributed by atoms with Gasteiger partial charge in [-0.1, -0.05) is 30.7 Å². The fourth-order valence-electron chi connectivity index (χ4n) is 2.66. The molecule has 10 heteroatoms. The highest BCUT2D eigenvalue weighted by atomic mass is 32.2. The molecule has 1 aliphatic carbocycles. The summed E-state index contributed by atoms with van der Waals surface area (Å²) in [7, 11) is 0. The number of rotatable bonds is 7. The molecule has 0 aromatic carbocycles. The lowest BCUT2D eigenvalue weighted by atomic mass is 10.2. The van der Waals surface area contributed by atoms with Crippen LogP contribution >= 0.6 is 23.1 Å². The number of hydrogen-bond donors (Lipinski definition) is 2. The first-order chi connectivity index (χ1) is 12.2. The lowest BCUT2D eigenvalue weighted by Gasteiger charge is -2.12. The Hall–Kier alpha value is -1.94. The number of carbonyl (C=O) groups is 2. The Labute approximate surface area is 153 Å². The van der Waals surface area contributed by atoms with Crippen LogP contribution in [0.1, 0.15) is 37.0 Å². The molecule has 1 fully saturated rings. The molecule has 0 unspecified atom stereocenters. The van der Waals surface area contributed by atoms with Gasteiger partial charge in [-0.3, -0.25) is 10.1 Å². The molecule has 0 aliphatic heterocycles. The number of thiophene rings is 1. The average molecular weight is 380 g/mol. The van der Waals surface area contributed by atoms with Crippen molar-refractivity contribution in [2.45, 2.75) is 49.8 Å². The van der Waals surface area contributed by atoms with E-state index in [1.807, 2.05) is 17.5 Å². The molecule has 3 amide bonds. The Kier molecular flexibility index (Phi) is 6.40. The number of amides is 3. The Balaban J connectivity index is 1.38. The summed E-state index contributed by atoms with van der Waals surface area (Å²) >= 11 is 3.05. The van der Waals surface area contributed by atoms with Crippen LogP contribution in [0.4, 0.5) is 4.79 Å². The molecule has 2 aromatic heterocycles. The van der Waals surface area contributed by atoms with Crippen LogP contribution in [0.3, 0.4) is 0 Å². The monoisotopic (exact) mass is 380 g/mol. The third kappa shape index (κ3) is 5.53. The minimum Gasteiger partial charge on any atom is -0.335 e. The van der Waals surface area contributed by atoms with Crippen LogP contribution in [0.15, 0.2) is 22.7 Å². The molecule has 3 rings (SSSR count). The van der Waals surface area contributed by atoms with E-state index in [9.17, 15) is 9.59 Å². The van der Waals surface area contributed by atoms with Crippen molar-refractivity contribution < 1.29 is 9.59 Å². The highest BCUT2D eigenvalue weighted by Gasteiger charge is 2.18. The molecular weight excluding hydrogens is 360 g/mol. The van der Waals surface area contributed by atoms with E-state index in [4.69, 9.17) is 0 Å². The summed E-state index contributed by atoms with van der Waals surface area (Å²) in [6.07, 6.45) is 4.48. The molecule has 2 heterocycles. The van der Waals surface area contributed by atoms with Crippen molar-refractivity contribution in [3.05, 3.63) is 22.4 Å². The van der Waals surface area contributed by atoms with E-state index >= 15 is 0 Å². The minimum absolute atomic E-state index is 0.198. The Morgan fingerprint density at radius 2 is 2.20 bits per heavy atom. The zero-order chi connectivity index (χ0) is 17.5. The van der Waals surface area contributed by atoms with Gasteiger partial charge >= 0.3 is 6.03 Å². The van der Waals surface area contributed by atoms with Gasteiger partial charge in [0.05, 0.1) is 6.54 Å². The third-order valence-corrected chi connectivity index (χ3v) is 5.71. The number of thioether (sulfide) groups is 1. The third-order valence-electron chi connectivity index (χ3n) is 3.89. The number of nitrogens with one attached hydrogen (secondary N) is 2. The van der Waals surface area contributed by atoms with Crippen molar-refractivity contribution in [3.63, 3.8) is 0 Å². The molecule has 134 valence electrons. The van der Waals surface area contributed by atoms with Crippen LogP contribution in [-0.4, -0.2) is 43.9 Å². The number of imide groups is 1. The largest absolute Gasteiger partial charge is 0.335 e. The van der Waals surface area contributed by atoms with Gasteiger partial charge in [-0.15, -0.1) is 16.4 Å². The highest BCUT2D eigenvalue weighted by Crippen LogP contribution is 2.18. The summed E-state index contributed by atoms with van der Waals surface area (Å²) in [5, 5.41) is 19.5. The molecule has 2 N–H and O–H groups in total. The Morgan fingerprint density at radius 3 is 2.96 bits per heavy atom. The summed E-state index contributed by atoms with van der Waals surface area (Å²) < 4.78 is 1.71. The van der Waals surface area contributed by atoms with Gasteiger partial charge in [0.2, 0.25) is 11.1 Å². The number of tetrazole rings is 1. The zero-order valence-electron chi connectivity index (χ0n) is 13.7. The van der Waals surface area contributed by atoms with Gasteiger partial charge in [-0.2, -0.15) is 0 Å². The standard InChI is InChI=1S/C15H20N6O2S2/c22-13(17-14(23)16-11-4-1-2-5-11)7-9-25-15-18-19-20-21(15)10-12-6-3-8-24-12/h3,6,8,11H,1-2,4-5,7,9-10H2,(H2,16,17,22,23). The van der Waals surface area contributed by atoms with Crippen LogP contribution in [0, 0.1) is 0 Å². The first-order valence-corrected chi connectivity index (χ1v) is 10.1. The van der Waals surface area contributed by atoms with E-state index in [-0.39, 0.29) is 18.4 Å². The lowest BCUT2D eigenvalue weighted by Crippen LogP contribution is -2.43. The molecule has 2 aromatic rings. The molecular formula is C15H20N6O2S2. The van der Waals surface area contributed by atoms with E-state index in [2.05, 4.69) is 26.2 Å². The van der Waals surface area contributed by atoms with E-state index in [1.165, 1.54) is 11.8 Å². The maximum absolute atomic E-state index is 11.9. The maximum atomic E-state index is 11.9. The zero-order valence-corrected chi connectivity index (χ0v) is 15.3. The minimum atomic E-state index is -0.399. The van der Waals surface area contributed by atoms with E-state index in [0.29, 0.717) is 17.5 Å². The lowest BCUT2D eigenvalue weighted by molar-refractivity contribution is -0.119. The van der Waals surface area contributed by atoms with Crippen molar-refractivity contribution in [1.82, 2.24) is 30.8 Å². The van der Waals surface area contributed by atoms with Crippen LogP contribution in [0.2, 0.25) is 0 Å². The van der Waals surface area contributed by atoms with Gasteiger partial charge in [0.15, 0.2) is 0 Å². The Bertz CT molecular complexity index is 697. The molecule has 0 bridgehead atoms. The van der Waals surface area contributed by atoms with Gasteiger partial charge in [0.1, 0.15) is 0 Å². The molecule has 25 heavy (non-hydrogen) atoms. The highest BCUT2D eigenvalue weighted by molar-refractivity contribution is 7.99. The van der Waals surface area contributed by atoms with Crippen molar-refractivity contribution in [1.29, 1.82) is 0 Å². The smallest absolute Gasteiger partial charge is 0.321 e. The maximum Gasteiger partial charge on any atom is 0.321 e. The molecule has 8 nitrogen and oxygen atoms in total. The fraction of sp³-hybridized carbons (Fsp3) is 0.533. The SMILES string of the molecule is O=C(CCSc1nnnn1Cc1cccs1)NC(=O)NC1CCCC1. The normalized spacial score (nSPS) is 14.6. The summed E-state index contributed by atoms with van der Waals surface area (Å²) in [6, 6.07) is 3.81. The summed E-state index contributed by atoms with van der Waals surface area (Å²) in [5.41, 5.74) is 0. The number of nitrogens with zero attached hydrogens (tertiary/aromatic N) is 4. The van der Waals surface area contributed by atoms with Crippen LogP contribution in [0.5, 0.6) is 0 Å². The van der Waals surface area contributed by atoms with Gasteiger partial charge < -0.3 is 5.32 Å². The Morgan fingerprint density at radius 1 is 1.36 bits per heavy atom. The summed E-state index contributed by atoms with van der Waals surface area (Å²) in [4.78, 5) is 24.8. The first-order valence-electron chi connectivity index (χ1n) is 8.22. The molecule has 0 spiro atoms. The number of urea groups is 1. The average Bonchev–Trinajstić information content (AvgIpc) is 3.31. The topological polar surface area (TPSA) is 102 Å². The fourth-order valence-corrected chi connectivity index (χ4v) is 4.17. The summed E-state index contributed by atoms with van der Waals surface area (Å²) in [6.45, 7) is 0.614. The van der Waals surface area contributed by atoms with Gasteiger partial charge in [0, 0.05) is 23.1 Å². The van der Waals surface area contributed by atoms with E-state index in [0.717, 1.165) is 30.6 Å². The first kappa shape index (κ1) is 17.9. The van der Waals surface area contributed by atoms with Gasteiger partial charge in [0.25, 0.3) is 0 Å².